The molecule has 0 spiro atoms. The van der Waals surface area contributed by atoms with Crippen molar-refractivity contribution in [2.24, 2.45) is 0 Å². The van der Waals surface area contributed by atoms with Crippen LogP contribution >= 0.6 is 12.2 Å². The molecule has 38 heavy (non-hydrogen) atoms. The lowest BCUT2D eigenvalue weighted by atomic mass is 10.1. The highest BCUT2D eigenvalue weighted by molar-refractivity contribution is 7.80. The summed E-state index contributed by atoms with van der Waals surface area (Å²) < 4.78 is 5.32. The van der Waals surface area contributed by atoms with Crippen molar-refractivity contribution in [3.8, 4) is 0 Å². The zero-order valence-corrected chi connectivity index (χ0v) is 22.2. The van der Waals surface area contributed by atoms with E-state index >= 15 is 0 Å². The number of nitro benzene ring substituents is 1. The fourth-order valence-electron chi connectivity index (χ4n) is 4.56. The van der Waals surface area contributed by atoms with E-state index in [-0.39, 0.29) is 22.3 Å². The highest BCUT2D eigenvalue weighted by atomic mass is 32.1. The molecule has 2 saturated heterocycles. The van der Waals surface area contributed by atoms with E-state index in [0.29, 0.717) is 57.2 Å². The van der Waals surface area contributed by atoms with Gasteiger partial charge in [0.2, 0.25) is 5.91 Å². The number of nitrogens with zero attached hydrogens (tertiary/aromatic N) is 4. The van der Waals surface area contributed by atoms with Crippen LogP contribution in [0.25, 0.3) is 0 Å². The fraction of sp³-hybridized carbons (Fsp3) is 0.423. The summed E-state index contributed by atoms with van der Waals surface area (Å²) in [6, 6.07) is 12.1. The Labute approximate surface area is 226 Å². The number of amides is 2. The molecule has 0 unspecified atom stereocenters. The first-order valence-electron chi connectivity index (χ1n) is 12.7. The molecular weight excluding hydrogens is 508 g/mol. The molecule has 2 aromatic carbocycles. The van der Waals surface area contributed by atoms with E-state index in [0.717, 1.165) is 25.2 Å². The van der Waals surface area contributed by atoms with Crippen LogP contribution in [0.4, 0.5) is 22.7 Å². The van der Waals surface area contributed by atoms with Crippen molar-refractivity contribution in [3.63, 3.8) is 0 Å². The molecule has 11 nitrogen and oxygen atoms in total. The number of carbonyl (C=O) groups is 2. The Morgan fingerprint density at radius 3 is 2.32 bits per heavy atom. The van der Waals surface area contributed by atoms with Crippen LogP contribution in [-0.4, -0.2) is 79.2 Å². The maximum atomic E-state index is 12.8. The molecule has 2 aliphatic rings. The van der Waals surface area contributed by atoms with Crippen molar-refractivity contribution in [1.29, 1.82) is 0 Å². The van der Waals surface area contributed by atoms with Gasteiger partial charge in [-0.3, -0.25) is 25.0 Å². The van der Waals surface area contributed by atoms with E-state index in [1.54, 1.807) is 12.1 Å². The molecule has 2 N–H and O–H groups in total. The first kappa shape index (κ1) is 27.3. The highest BCUT2D eigenvalue weighted by Gasteiger charge is 2.24. The van der Waals surface area contributed by atoms with Gasteiger partial charge in [0, 0.05) is 68.7 Å². The number of carbonyl (C=O) groups excluding carboxylic acids is 2. The Morgan fingerprint density at radius 2 is 1.68 bits per heavy atom. The number of hydrogen-bond acceptors (Lipinski definition) is 8. The minimum atomic E-state index is -0.536. The molecular formula is C26H32N6O5S. The Bertz CT molecular complexity index is 1180. The van der Waals surface area contributed by atoms with E-state index in [1.807, 2.05) is 41.0 Å². The Kier molecular flexibility index (Phi) is 9.08. The predicted octanol–water partition coefficient (Wildman–Crippen LogP) is 3.01. The molecule has 12 heteroatoms. The third-order valence-electron chi connectivity index (χ3n) is 6.60. The van der Waals surface area contributed by atoms with Crippen molar-refractivity contribution in [2.75, 3.05) is 67.6 Å². The van der Waals surface area contributed by atoms with Gasteiger partial charge in [-0.2, -0.15) is 0 Å². The smallest absolute Gasteiger partial charge is 0.293 e. The topological polar surface area (TPSA) is 120 Å². The van der Waals surface area contributed by atoms with Crippen molar-refractivity contribution < 1.29 is 19.2 Å². The lowest BCUT2D eigenvalue weighted by molar-refractivity contribution is -0.384. The summed E-state index contributed by atoms with van der Waals surface area (Å²) >= 11 is 5.29. The number of hydrogen-bond donors (Lipinski definition) is 2. The molecule has 2 aromatic rings. The van der Waals surface area contributed by atoms with E-state index in [1.165, 1.54) is 6.07 Å². The third-order valence-corrected chi connectivity index (χ3v) is 6.80. The molecule has 2 fully saturated rings. The van der Waals surface area contributed by atoms with Gasteiger partial charge in [0.15, 0.2) is 5.11 Å². The van der Waals surface area contributed by atoms with E-state index in [2.05, 4.69) is 15.5 Å². The Hall–Kier alpha value is -3.77. The molecule has 2 heterocycles. The number of rotatable bonds is 7. The summed E-state index contributed by atoms with van der Waals surface area (Å²) in [5.41, 5.74) is 2.21. The fourth-order valence-corrected chi connectivity index (χ4v) is 4.77. The third kappa shape index (κ3) is 6.75. The first-order valence-corrected chi connectivity index (χ1v) is 13.1. The number of morpholine rings is 1. The van der Waals surface area contributed by atoms with Crippen LogP contribution in [0.2, 0.25) is 0 Å². The summed E-state index contributed by atoms with van der Waals surface area (Å²) in [6.07, 6.45) is 1.45. The molecule has 0 bridgehead atoms. The van der Waals surface area contributed by atoms with Crippen LogP contribution in [0.5, 0.6) is 0 Å². The van der Waals surface area contributed by atoms with Gasteiger partial charge in [-0.1, -0.05) is 6.92 Å². The Balaban J connectivity index is 1.32. The van der Waals surface area contributed by atoms with Crippen LogP contribution in [0, 0.1) is 10.1 Å². The molecule has 0 saturated carbocycles. The van der Waals surface area contributed by atoms with Gasteiger partial charge >= 0.3 is 0 Å². The van der Waals surface area contributed by atoms with Crippen molar-refractivity contribution in [1.82, 2.24) is 10.2 Å². The van der Waals surface area contributed by atoms with E-state index in [4.69, 9.17) is 17.0 Å². The minimum absolute atomic E-state index is 0.0886. The second-order valence-electron chi connectivity index (χ2n) is 9.13. The number of piperazine rings is 1. The predicted molar refractivity (Wildman–Crippen MR) is 150 cm³/mol. The van der Waals surface area contributed by atoms with E-state index in [9.17, 15) is 19.7 Å². The van der Waals surface area contributed by atoms with E-state index < -0.39 is 10.8 Å². The van der Waals surface area contributed by atoms with Gasteiger partial charge in [-0.15, -0.1) is 0 Å². The van der Waals surface area contributed by atoms with Crippen LogP contribution in [0.3, 0.4) is 0 Å². The van der Waals surface area contributed by atoms with Crippen LogP contribution in [0.15, 0.2) is 42.5 Å². The maximum absolute atomic E-state index is 12.8. The monoisotopic (exact) mass is 540 g/mol. The highest BCUT2D eigenvalue weighted by Crippen LogP contribution is 2.30. The van der Waals surface area contributed by atoms with Crippen molar-refractivity contribution >= 4 is 51.9 Å². The quantitative estimate of drug-likeness (QED) is 0.310. The molecule has 202 valence electrons. The summed E-state index contributed by atoms with van der Waals surface area (Å²) in [5.74, 6) is -0.323. The standard InChI is InChI=1S/C26H32N6O5S/c1-2-3-24(33)31-12-10-29(11-13-31)21-7-5-20(6-8-21)27-26(38)28-25(34)19-4-9-22(23(18-19)32(35)36)30-14-16-37-17-15-30/h4-9,18H,2-3,10-17H2,1H3,(H2,27,28,34,38). The molecule has 0 aromatic heterocycles. The first-order chi connectivity index (χ1) is 18.4. The molecule has 2 aliphatic heterocycles. The van der Waals surface area contributed by atoms with Gasteiger partial charge in [0.05, 0.1) is 18.1 Å². The molecule has 4 rings (SSSR count). The lowest BCUT2D eigenvalue weighted by Gasteiger charge is -2.36. The molecule has 0 radical (unpaired) electrons. The molecule has 0 atom stereocenters. The zero-order chi connectivity index (χ0) is 27.1. The number of nitrogens with one attached hydrogen (secondary N) is 2. The lowest BCUT2D eigenvalue weighted by Crippen LogP contribution is -2.48. The summed E-state index contributed by atoms with van der Waals surface area (Å²) in [4.78, 5) is 42.1. The van der Waals surface area contributed by atoms with Gasteiger partial charge < -0.3 is 24.8 Å². The Morgan fingerprint density at radius 1 is 1.00 bits per heavy atom. The average Bonchev–Trinajstić information content (AvgIpc) is 2.93. The number of nitro groups is 1. The summed E-state index contributed by atoms with van der Waals surface area (Å²) in [6.45, 7) is 7.06. The maximum Gasteiger partial charge on any atom is 0.293 e. The van der Waals surface area contributed by atoms with Gasteiger partial charge in [-0.05, 0) is 55.0 Å². The number of benzene rings is 2. The number of thiocarbonyl (C=S) groups is 1. The molecule has 2 amide bonds. The van der Waals surface area contributed by atoms with Gasteiger partial charge in [-0.25, -0.2) is 0 Å². The summed E-state index contributed by atoms with van der Waals surface area (Å²) in [7, 11) is 0. The zero-order valence-electron chi connectivity index (χ0n) is 21.4. The van der Waals surface area contributed by atoms with Gasteiger partial charge in [0.1, 0.15) is 5.69 Å². The van der Waals surface area contributed by atoms with Crippen LogP contribution in [-0.2, 0) is 9.53 Å². The number of anilines is 3. The van der Waals surface area contributed by atoms with Crippen LogP contribution < -0.4 is 20.4 Å². The van der Waals surface area contributed by atoms with Gasteiger partial charge in [0.25, 0.3) is 11.6 Å². The van der Waals surface area contributed by atoms with Crippen molar-refractivity contribution in [2.45, 2.75) is 19.8 Å². The molecule has 0 aliphatic carbocycles. The second kappa shape index (κ2) is 12.7. The van der Waals surface area contributed by atoms with Crippen molar-refractivity contribution in [3.05, 3.63) is 58.1 Å². The normalized spacial score (nSPS) is 15.7. The minimum Gasteiger partial charge on any atom is -0.378 e. The summed E-state index contributed by atoms with van der Waals surface area (Å²) in [5, 5.41) is 17.3. The second-order valence-corrected chi connectivity index (χ2v) is 9.54. The largest absolute Gasteiger partial charge is 0.378 e. The van der Waals surface area contributed by atoms with Crippen LogP contribution in [0.1, 0.15) is 30.1 Å². The number of ether oxygens (including phenoxy) is 1. The average molecular weight is 541 g/mol. The SMILES string of the molecule is CCCC(=O)N1CCN(c2ccc(NC(=S)NC(=O)c3ccc(N4CCOCC4)c([N+](=O)[O-])c3)cc2)CC1.